The van der Waals surface area contributed by atoms with Gasteiger partial charge in [0, 0.05) is 17.8 Å². The van der Waals surface area contributed by atoms with E-state index in [9.17, 15) is 13.2 Å². The molecule has 1 aromatic rings. The third-order valence-corrected chi connectivity index (χ3v) is 6.49. The zero-order valence-electron chi connectivity index (χ0n) is 15.1. The third kappa shape index (κ3) is 4.01. The zero-order valence-corrected chi connectivity index (χ0v) is 15.1. The maximum absolute atomic E-state index is 12.5. The lowest BCUT2D eigenvalue weighted by Crippen LogP contribution is -2.57. The number of benzene rings is 1. The molecular weight excluding hydrogens is 339 g/mol. The fourth-order valence-electron chi connectivity index (χ4n) is 5.24. The second kappa shape index (κ2) is 6.71. The van der Waals surface area contributed by atoms with Crippen LogP contribution in [0.4, 0.5) is 18.9 Å². The van der Waals surface area contributed by atoms with Crippen LogP contribution in [-0.4, -0.2) is 42.8 Å². The molecule has 3 aliphatic rings. The van der Waals surface area contributed by atoms with E-state index in [-0.39, 0.29) is 0 Å². The SMILES string of the molecule is NC1CC2(C1)CC(Nc1ccc(C3CCN(CC(F)(F)F)CC3)cc1)C2. The van der Waals surface area contributed by atoms with Crippen molar-refractivity contribution in [3.63, 3.8) is 0 Å². The number of nitrogens with two attached hydrogens (primary N) is 1. The Hall–Kier alpha value is -1.27. The predicted octanol–water partition coefficient (Wildman–Crippen LogP) is 4.11. The molecule has 0 atom stereocenters. The van der Waals surface area contributed by atoms with Gasteiger partial charge in [-0.3, -0.25) is 4.90 Å². The van der Waals surface area contributed by atoms with Gasteiger partial charge >= 0.3 is 6.18 Å². The number of halogens is 3. The van der Waals surface area contributed by atoms with Crippen molar-refractivity contribution in [1.29, 1.82) is 0 Å². The molecule has 0 aromatic heterocycles. The van der Waals surface area contributed by atoms with Crippen molar-refractivity contribution in [2.75, 3.05) is 25.0 Å². The number of rotatable bonds is 4. The van der Waals surface area contributed by atoms with Crippen molar-refractivity contribution in [3.05, 3.63) is 29.8 Å². The average molecular weight is 367 g/mol. The minimum absolute atomic E-state index is 0.372. The standard InChI is InChI=1S/C20H28F3N3/c21-20(22,23)13-26-7-5-15(6-8-26)14-1-3-17(4-2-14)25-18-11-19(12-18)9-16(24)10-19/h1-4,15-16,18,25H,5-13,24H2. The summed E-state index contributed by atoms with van der Waals surface area (Å²) in [6, 6.07) is 9.49. The Labute approximate surface area is 153 Å². The van der Waals surface area contributed by atoms with Gasteiger partial charge in [-0.2, -0.15) is 13.2 Å². The van der Waals surface area contributed by atoms with Crippen LogP contribution in [0.2, 0.25) is 0 Å². The van der Waals surface area contributed by atoms with Crippen LogP contribution in [0.5, 0.6) is 0 Å². The highest BCUT2D eigenvalue weighted by molar-refractivity contribution is 5.47. The van der Waals surface area contributed by atoms with Crippen LogP contribution < -0.4 is 11.1 Å². The smallest absolute Gasteiger partial charge is 0.382 e. The molecule has 3 nitrogen and oxygen atoms in total. The lowest BCUT2D eigenvalue weighted by Gasteiger charge is -2.57. The number of hydrogen-bond acceptors (Lipinski definition) is 3. The van der Waals surface area contributed by atoms with E-state index in [1.54, 1.807) is 0 Å². The Morgan fingerprint density at radius 1 is 1.04 bits per heavy atom. The minimum atomic E-state index is -4.09. The zero-order chi connectivity index (χ0) is 18.4. The third-order valence-electron chi connectivity index (χ3n) is 6.49. The molecule has 4 rings (SSSR count). The molecule has 1 aromatic carbocycles. The van der Waals surface area contributed by atoms with Crippen molar-refractivity contribution in [1.82, 2.24) is 4.90 Å². The number of nitrogens with zero attached hydrogens (tertiary/aromatic N) is 1. The largest absolute Gasteiger partial charge is 0.401 e. The number of hydrogen-bond donors (Lipinski definition) is 2. The highest BCUT2D eigenvalue weighted by Gasteiger charge is 2.51. The second-order valence-corrected chi connectivity index (χ2v) is 8.71. The second-order valence-electron chi connectivity index (χ2n) is 8.71. The van der Waals surface area contributed by atoms with E-state index in [0.717, 1.165) is 18.5 Å². The van der Waals surface area contributed by atoms with Crippen molar-refractivity contribution >= 4 is 5.69 Å². The van der Waals surface area contributed by atoms with E-state index in [4.69, 9.17) is 5.73 Å². The summed E-state index contributed by atoms with van der Waals surface area (Å²) in [5.74, 6) is 0.372. The van der Waals surface area contributed by atoms with E-state index in [0.29, 0.717) is 36.5 Å². The number of nitrogens with one attached hydrogen (secondary N) is 1. The first kappa shape index (κ1) is 18.1. The van der Waals surface area contributed by atoms with E-state index < -0.39 is 12.7 Å². The van der Waals surface area contributed by atoms with Crippen LogP contribution in [0.15, 0.2) is 24.3 Å². The summed E-state index contributed by atoms with van der Waals surface area (Å²) in [5, 5.41) is 3.61. The van der Waals surface area contributed by atoms with E-state index in [1.807, 2.05) is 0 Å². The van der Waals surface area contributed by atoms with Gasteiger partial charge < -0.3 is 11.1 Å². The van der Waals surface area contributed by atoms with Crippen LogP contribution >= 0.6 is 0 Å². The number of anilines is 1. The fourth-order valence-corrected chi connectivity index (χ4v) is 5.24. The highest BCUT2D eigenvalue weighted by atomic mass is 19.4. The average Bonchev–Trinajstić information content (AvgIpc) is 2.51. The molecule has 0 radical (unpaired) electrons. The van der Waals surface area contributed by atoms with Gasteiger partial charge in [-0.05, 0) is 80.6 Å². The van der Waals surface area contributed by atoms with Gasteiger partial charge in [-0.15, -0.1) is 0 Å². The van der Waals surface area contributed by atoms with E-state index in [1.165, 1.54) is 36.1 Å². The van der Waals surface area contributed by atoms with Crippen LogP contribution in [0.3, 0.4) is 0 Å². The van der Waals surface area contributed by atoms with E-state index >= 15 is 0 Å². The molecule has 0 amide bonds. The Bertz CT molecular complexity index is 606. The highest BCUT2D eigenvalue weighted by Crippen LogP contribution is 2.55. The molecule has 3 fully saturated rings. The van der Waals surface area contributed by atoms with Crippen molar-refractivity contribution < 1.29 is 13.2 Å². The molecule has 2 saturated carbocycles. The molecular formula is C20H28F3N3. The minimum Gasteiger partial charge on any atom is -0.382 e. The van der Waals surface area contributed by atoms with Crippen LogP contribution in [0.25, 0.3) is 0 Å². The quantitative estimate of drug-likeness (QED) is 0.841. The van der Waals surface area contributed by atoms with Crippen LogP contribution in [0, 0.1) is 5.41 Å². The Balaban J connectivity index is 1.24. The summed E-state index contributed by atoms with van der Waals surface area (Å²) < 4.78 is 37.4. The lowest BCUT2D eigenvalue weighted by atomic mass is 9.52. The topological polar surface area (TPSA) is 41.3 Å². The van der Waals surface area contributed by atoms with Gasteiger partial charge in [0.15, 0.2) is 0 Å². The summed E-state index contributed by atoms with van der Waals surface area (Å²) in [6.07, 6.45) is 2.31. The first-order valence-electron chi connectivity index (χ1n) is 9.71. The summed E-state index contributed by atoms with van der Waals surface area (Å²) >= 11 is 0. The molecule has 1 spiro atoms. The summed E-state index contributed by atoms with van der Waals surface area (Å²) in [6.45, 7) is 0.267. The first-order chi connectivity index (χ1) is 12.3. The summed E-state index contributed by atoms with van der Waals surface area (Å²) in [7, 11) is 0. The molecule has 2 aliphatic carbocycles. The maximum atomic E-state index is 12.5. The monoisotopic (exact) mass is 367 g/mol. The lowest BCUT2D eigenvalue weighted by molar-refractivity contribution is -0.147. The van der Waals surface area contributed by atoms with Gasteiger partial charge in [0.1, 0.15) is 0 Å². The first-order valence-corrected chi connectivity index (χ1v) is 9.71. The molecule has 26 heavy (non-hydrogen) atoms. The van der Waals surface area contributed by atoms with Gasteiger partial charge in [0.05, 0.1) is 6.54 Å². The van der Waals surface area contributed by atoms with Crippen LogP contribution in [-0.2, 0) is 0 Å². The van der Waals surface area contributed by atoms with Gasteiger partial charge in [-0.25, -0.2) is 0 Å². The van der Waals surface area contributed by atoms with Gasteiger partial charge in [-0.1, -0.05) is 12.1 Å². The van der Waals surface area contributed by atoms with Crippen molar-refractivity contribution in [3.8, 4) is 0 Å². The van der Waals surface area contributed by atoms with Gasteiger partial charge in [0.25, 0.3) is 0 Å². The summed E-state index contributed by atoms with van der Waals surface area (Å²) in [5.41, 5.74) is 8.83. The van der Waals surface area contributed by atoms with Gasteiger partial charge in [0.2, 0.25) is 0 Å². The van der Waals surface area contributed by atoms with Crippen molar-refractivity contribution in [2.45, 2.75) is 62.7 Å². The maximum Gasteiger partial charge on any atom is 0.401 e. The fraction of sp³-hybridized carbons (Fsp3) is 0.700. The summed E-state index contributed by atoms with van der Waals surface area (Å²) in [4.78, 5) is 1.52. The Kier molecular flexibility index (Phi) is 4.68. The number of alkyl halides is 3. The molecule has 0 unspecified atom stereocenters. The molecule has 144 valence electrons. The van der Waals surface area contributed by atoms with Crippen molar-refractivity contribution in [2.24, 2.45) is 11.1 Å². The predicted molar refractivity (Wildman–Crippen MR) is 97.2 cm³/mol. The van der Waals surface area contributed by atoms with Crippen LogP contribution in [0.1, 0.15) is 50.0 Å². The molecule has 1 heterocycles. The molecule has 0 bridgehead atoms. The number of piperidine rings is 1. The Morgan fingerprint density at radius 2 is 1.65 bits per heavy atom. The molecule has 3 N–H and O–H groups in total. The van der Waals surface area contributed by atoms with E-state index in [2.05, 4.69) is 29.6 Å². The molecule has 1 aliphatic heterocycles. The number of likely N-dealkylation sites (tertiary alicyclic amines) is 1. The molecule has 6 heteroatoms. The Morgan fingerprint density at radius 3 is 2.19 bits per heavy atom. The molecule has 1 saturated heterocycles. The normalized spacial score (nSPS) is 32.9.